The van der Waals surface area contributed by atoms with Crippen LogP contribution in [0.5, 0.6) is 17.2 Å². The summed E-state index contributed by atoms with van der Waals surface area (Å²) in [6.07, 6.45) is 3.88. The number of furan rings is 1. The molecule has 0 unspecified atom stereocenters. The maximum absolute atomic E-state index is 12.2. The molecular formula is C29H34N2O6. The topological polar surface area (TPSA) is 99.4 Å². The van der Waals surface area contributed by atoms with Gasteiger partial charge in [0.25, 0.3) is 5.91 Å². The Hall–Kier alpha value is -4.07. The van der Waals surface area contributed by atoms with Crippen LogP contribution in [-0.2, 0) is 10.2 Å². The van der Waals surface area contributed by atoms with E-state index in [2.05, 4.69) is 45.1 Å². The second-order valence-electron chi connectivity index (χ2n) is 10.5. The second kappa shape index (κ2) is 11.8. The second-order valence-corrected chi connectivity index (χ2v) is 10.5. The molecule has 0 saturated heterocycles. The first-order valence-electron chi connectivity index (χ1n) is 12.0. The molecule has 37 heavy (non-hydrogen) atoms. The predicted octanol–water partition coefficient (Wildman–Crippen LogP) is 5.75. The average Bonchev–Trinajstić information content (AvgIpc) is 3.37. The van der Waals surface area contributed by atoms with Crippen LogP contribution in [0.15, 0.2) is 70.4 Å². The van der Waals surface area contributed by atoms with E-state index >= 15 is 0 Å². The SMILES string of the molecule is COc1cc(C=NNC(=O)COc2ccc(C(C)(C)CC(C)(C)C)cc2)ccc1OC(=O)c1ccco1. The fourth-order valence-corrected chi connectivity index (χ4v) is 4.18. The maximum Gasteiger partial charge on any atom is 0.379 e. The quantitative estimate of drug-likeness (QED) is 0.163. The normalized spacial score (nSPS) is 11.8. The van der Waals surface area contributed by atoms with Crippen LogP contribution in [0, 0.1) is 5.41 Å². The van der Waals surface area contributed by atoms with Crippen molar-refractivity contribution in [1.82, 2.24) is 5.43 Å². The Balaban J connectivity index is 1.50. The zero-order valence-corrected chi connectivity index (χ0v) is 22.2. The van der Waals surface area contributed by atoms with Gasteiger partial charge in [-0.15, -0.1) is 0 Å². The molecule has 8 nitrogen and oxygen atoms in total. The number of carbonyl (C=O) groups excluding carboxylic acids is 2. The largest absolute Gasteiger partial charge is 0.493 e. The molecule has 1 aromatic heterocycles. The van der Waals surface area contributed by atoms with Gasteiger partial charge in [-0.3, -0.25) is 4.79 Å². The molecule has 0 atom stereocenters. The van der Waals surface area contributed by atoms with Gasteiger partial charge < -0.3 is 18.6 Å². The number of methoxy groups -OCH3 is 1. The highest BCUT2D eigenvalue weighted by Gasteiger charge is 2.27. The van der Waals surface area contributed by atoms with Crippen LogP contribution in [-0.4, -0.2) is 31.8 Å². The van der Waals surface area contributed by atoms with Crippen LogP contribution in [0.2, 0.25) is 0 Å². The fraction of sp³-hybridized carbons (Fsp3) is 0.345. The predicted molar refractivity (Wildman–Crippen MR) is 141 cm³/mol. The van der Waals surface area contributed by atoms with Gasteiger partial charge in [0, 0.05) is 0 Å². The molecule has 2 aromatic carbocycles. The lowest BCUT2D eigenvalue weighted by atomic mass is 9.72. The number of ether oxygens (including phenoxy) is 3. The number of hydrogen-bond acceptors (Lipinski definition) is 7. The Morgan fingerprint density at radius 3 is 2.35 bits per heavy atom. The minimum Gasteiger partial charge on any atom is -0.493 e. The van der Waals surface area contributed by atoms with Crippen molar-refractivity contribution in [3.63, 3.8) is 0 Å². The molecule has 196 valence electrons. The van der Waals surface area contributed by atoms with Crippen molar-refractivity contribution >= 4 is 18.1 Å². The monoisotopic (exact) mass is 506 g/mol. The molecule has 0 aliphatic heterocycles. The Kier molecular flexibility index (Phi) is 8.76. The smallest absolute Gasteiger partial charge is 0.379 e. The highest BCUT2D eigenvalue weighted by molar-refractivity contribution is 5.89. The molecule has 0 spiro atoms. The van der Waals surface area contributed by atoms with E-state index in [0.717, 1.165) is 6.42 Å². The van der Waals surface area contributed by atoms with Gasteiger partial charge in [0.15, 0.2) is 18.1 Å². The number of hydrogen-bond donors (Lipinski definition) is 1. The maximum atomic E-state index is 12.2. The summed E-state index contributed by atoms with van der Waals surface area (Å²) in [6, 6.07) is 15.8. The summed E-state index contributed by atoms with van der Waals surface area (Å²) >= 11 is 0. The van der Waals surface area contributed by atoms with Crippen molar-refractivity contribution in [3.05, 3.63) is 77.7 Å². The van der Waals surface area contributed by atoms with E-state index in [9.17, 15) is 9.59 Å². The third kappa shape index (κ3) is 8.24. The lowest BCUT2D eigenvalue weighted by molar-refractivity contribution is -0.123. The van der Waals surface area contributed by atoms with Gasteiger partial charge in [-0.1, -0.05) is 46.8 Å². The Morgan fingerprint density at radius 2 is 1.73 bits per heavy atom. The molecule has 8 heteroatoms. The van der Waals surface area contributed by atoms with Crippen LogP contribution >= 0.6 is 0 Å². The molecule has 0 radical (unpaired) electrons. The number of carbonyl (C=O) groups is 2. The van der Waals surface area contributed by atoms with Crippen molar-refractivity contribution in [2.75, 3.05) is 13.7 Å². The zero-order valence-electron chi connectivity index (χ0n) is 22.2. The van der Waals surface area contributed by atoms with Crippen LogP contribution < -0.4 is 19.6 Å². The molecule has 3 rings (SSSR count). The van der Waals surface area contributed by atoms with Gasteiger partial charge in [-0.2, -0.15) is 5.10 Å². The number of rotatable bonds is 10. The molecule has 0 fully saturated rings. The number of esters is 1. The molecule has 0 aliphatic carbocycles. The molecule has 1 N–H and O–H groups in total. The standard InChI is InChI=1S/C29H34N2O6/c1-28(2,3)19-29(4,5)21-10-12-22(13-11-21)36-18-26(32)31-30-17-20-9-14-23(25(16-20)34-6)37-27(33)24-8-7-15-35-24/h7-17H,18-19H2,1-6H3,(H,31,32). The van der Waals surface area contributed by atoms with Crippen LogP contribution in [0.4, 0.5) is 0 Å². The fourth-order valence-electron chi connectivity index (χ4n) is 4.18. The first kappa shape index (κ1) is 27.5. The number of hydrazone groups is 1. The van der Waals surface area contributed by atoms with Gasteiger partial charge in [0.05, 0.1) is 19.6 Å². The summed E-state index contributed by atoms with van der Waals surface area (Å²) in [5, 5.41) is 3.96. The van der Waals surface area contributed by atoms with E-state index in [0.29, 0.717) is 17.1 Å². The van der Waals surface area contributed by atoms with Crippen molar-refractivity contribution in [3.8, 4) is 17.2 Å². The number of nitrogens with zero attached hydrogens (tertiary/aromatic N) is 1. The van der Waals surface area contributed by atoms with Crippen LogP contribution in [0.1, 0.15) is 62.7 Å². The lowest BCUT2D eigenvalue weighted by Crippen LogP contribution is -2.25. The molecule has 3 aromatic rings. The number of benzene rings is 2. The zero-order chi connectivity index (χ0) is 27.1. The highest BCUT2D eigenvalue weighted by Crippen LogP contribution is 2.36. The highest BCUT2D eigenvalue weighted by atomic mass is 16.6. The Morgan fingerprint density at radius 1 is 1.00 bits per heavy atom. The van der Waals surface area contributed by atoms with E-state index < -0.39 is 11.9 Å². The van der Waals surface area contributed by atoms with Crippen LogP contribution in [0.3, 0.4) is 0 Å². The van der Waals surface area contributed by atoms with E-state index in [1.807, 2.05) is 24.3 Å². The minimum atomic E-state index is -0.639. The van der Waals surface area contributed by atoms with E-state index in [1.54, 1.807) is 24.3 Å². The number of amides is 1. The van der Waals surface area contributed by atoms with Gasteiger partial charge in [0.2, 0.25) is 5.76 Å². The Labute approximate surface area is 217 Å². The van der Waals surface area contributed by atoms with Crippen molar-refractivity contribution in [1.29, 1.82) is 0 Å². The molecule has 1 amide bonds. The summed E-state index contributed by atoms with van der Waals surface area (Å²) in [4.78, 5) is 24.3. The van der Waals surface area contributed by atoms with Crippen molar-refractivity contribution in [2.24, 2.45) is 10.5 Å². The molecule has 0 aliphatic rings. The van der Waals surface area contributed by atoms with E-state index in [1.165, 1.54) is 31.2 Å². The lowest BCUT2D eigenvalue weighted by Gasteiger charge is -2.33. The van der Waals surface area contributed by atoms with Gasteiger partial charge in [-0.25, -0.2) is 10.2 Å². The average molecular weight is 507 g/mol. The van der Waals surface area contributed by atoms with E-state index in [4.69, 9.17) is 18.6 Å². The molecule has 0 saturated carbocycles. The summed E-state index contributed by atoms with van der Waals surface area (Å²) in [5.74, 6) is 0.209. The van der Waals surface area contributed by atoms with Crippen LogP contribution in [0.25, 0.3) is 0 Å². The summed E-state index contributed by atoms with van der Waals surface area (Å²) in [7, 11) is 1.46. The molecule has 1 heterocycles. The Bertz CT molecular complexity index is 1220. The first-order chi connectivity index (χ1) is 17.5. The van der Waals surface area contributed by atoms with Gasteiger partial charge in [-0.05, 0) is 70.8 Å². The molecule has 0 bridgehead atoms. The summed E-state index contributed by atoms with van der Waals surface area (Å²) < 4.78 is 21.2. The van der Waals surface area contributed by atoms with Gasteiger partial charge in [0.1, 0.15) is 5.75 Å². The third-order valence-corrected chi connectivity index (χ3v) is 5.49. The minimum absolute atomic E-state index is 0.0326. The summed E-state index contributed by atoms with van der Waals surface area (Å²) in [5.41, 5.74) is 4.54. The molecular weight excluding hydrogens is 472 g/mol. The number of nitrogens with one attached hydrogen (secondary N) is 1. The van der Waals surface area contributed by atoms with Gasteiger partial charge >= 0.3 is 5.97 Å². The third-order valence-electron chi connectivity index (χ3n) is 5.49. The van der Waals surface area contributed by atoms with Crippen molar-refractivity contribution < 1.29 is 28.2 Å². The summed E-state index contributed by atoms with van der Waals surface area (Å²) in [6.45, 7) is 11.0. The van der Waals surface area contributed by atoms with E-state index in [-0.39, 0.29) is 28.9 Å². The van der Waals surface area contributed by atoms with Crippen molar-refractivity contribution in [2.45, 2.75) is 46.5 Å². The first-order valence-corrected chi connectivity index (χ1v) is 12.0.